The van der Waals surface area contributed by atoms with E-state index >= 15 is 0 Å². The zero-order valence-electron chi connectivity index (χ0n) is 17.9. The maximum Gasteiger partial charge on any atom is 0.305 e. The molecule has 2 aromatic carbocycles. The van der Waals surface area contributed by atoms with Crippen LogP contribution in [0.15, 0.2) is 47.4 Å². The predicted octanol–water partition coefficient (Wildman–Crippen LogP) is 6.15. The minimum atomic E-state index is -0.126. The van der Waals surface area contributed by atoms with Crippen LogP contribution in [0.2, 0.25) is 0 Å². The number of phenolic OH excluding ortho intramolecular Hbond substituents is 2. The monoisotopic (exact) mass is 428 g/mol. The summed E-state index contributed by atoms with van der Waals surface area (Å²) in [6.07, 6.45) is 6.91. The highest BCUT2D eigenvalue weighted by Gasteiger charge is 2.41. The van der Waals surface area contributed by atoms with Crippen molar-refractivity contribution < 1.29 is 19.7 Å². The van der Waals surface area contributed by atoms with E-state index in [4.69, 9.17) is 4.74 Å². The number of carbonyl (C=O) groups is 1. The van der Waals surface area contributed by atoms with Gasteiger partial charge in [-0.25, -0.2) is 0 Å². The molecule has 0 spiro atoms. The number of thioether (sulfide) groups is 1. The van der Waals surface area contributed by atoms with Gasteiger partial charge in [0.1, 0.15) is 11.5 Å². The van der Waals surface area contributed by atoms with Crippen LogP contribution in [0.5, 0.6) is 11.5 Å². The molecule has 2 atom stereocenters. The highest BCUT2D eigenvalue weighted by molar-refractivity contribution is 7.99. The Morgan fingerprint density at radius 3 is 2.43 bits per heavy atom. The number of ether oxygens (including phenoxy) is 1. The maximum atomic E-state index is 11.2. The maximum absolute atomic E-state index is 11.2. The van der Waals surface area contributed by atoms with E-state index in [9.17, 15) is 15.0 Å². The molecular formula is C25H32O4S. The largest absolute Gasteiger partial charge is 0.508 e. The van der Waals surface area contributed by atoms with E-state index < -0.39 is 0 Å². The Labute approximate surface area is 183 Å². The van der Waals surface area contributed by atoms with Gasteiger partial charge in [0, 0.05) is 22.5 Å². The van der Waals surface area contributed by atoms with E-state index in [1.165, 1.54) is 23.1 Å². The van der Waals surface area contributed by atoms with Crippen LogP contribution in [0.4, 0.5) is 0 Å². The van der Waals surface area contributed by atoms with Crippen molar-refractivity contribution in [2.45, 2.75) is 68.1 Å². The van der Waals surface area contributed by atoms with Gasteiger partial charge in [-0.15, -0.1) is 11.8 Å². The third-order valence-electron chi connectivity index (χ3n) is 6.30. The van der Waals surface area contributed by atoms with Crippen molar-refractivity contribution in [3.05, 3.63) is 53.6 Å². The fraction of sp³-hybridized carbons (Fsp3) is 0.480. The van der Waals surface area contributed by atoms with Crippen molar-refractivity contribution in [1.82, 2.24) is 0 Å². The minimum Gasteiger partial charge on any atom is -0.508 e. The van der Waals surface area contributed by atoms with Crippen molar-refractivity contribution >= 4 is 17.7 Å². The van der Waals surface area contributed by atoms with Crippen LogP contribution < -0.4 is 0 Å². The summed E-state index contributed by atoms with van der Waals surface area (Å²) in [6.45, 7) is 2.32. The number of methoxy groups -OCH3 is 1. The minimum absolute atomic E-state index is 0.0345. The number of rotatable bonds is 9. The first-order valence-corrected chi connectivity index (χ1v) is 11.7. The van der Waals surface area contributed by atoms with E-state index in [1.807, 2.05) is 18.2 Å². The van der Waals surface area contributed by atoms with E-state index in [-0.39, 0.29) is 11.4 Å². The third-order valence-corrected chi connectivity index (χ3v) is 7.71. The Morgan fingerprint density at radius 1 is 1.03 bits per heavy atom. The first-order chi connectivity index (χ1) is 14.4. The molecule has 4 nitrogen and oxygen atoms in total. The van der Waals surface area contributed by atoms with Gasteiger partial charge in [-0.05, 0) is 54.2 Å². The van der Waals surface area contributed by atoms with Gasteiger partial charge in [-0.3, -0.25) is 4.79 Å². The van der Waals surface area contributed by atoms with Crippen LogP contribution >= 0.6 is 11.8 Å². The summed E-state index contributed by atoms with van der Waals surface area (Å²) < 4.78 is 4.70. The summed E-state index contributed by atoms with van der Waals surface area (Å²) in [4.78, 5) is 12.4. The number of phenols is 2. The Hall–Kier alpha value is -2.14. The van der Waals surface area contributed by atoms with Crippen LogP contribution in [0.3, 0.4) is 0 Å². The molecule has 1 aliphatic rings. The Balaban J connectivity index is 1.69. The summed E-state index contributed by atoms with van der Waals surface area (Å²) in [6, 6.07) is 13.4. The summed E-state index contributed by atoms with van der Waals surface area (Å²) in [5, 5.41) is 19.7. The molecule has 0 fully saturated rings. The summed E-state index contributed by atoms with van der Waals surface area (Å²) >= 11 is 1.80. The third kappa shape index (κ3) is 5.31. The van der Waals surface area contributed by atoms with E-state index in [1.54, 1.807) is 30.0 Å². The fourth-order valence-electron chi connectivity index (χ4n) is 4.46. The van der Waals surface area contributed by atoms with Gasteiger partial charge < -0.3 is 14.9 Å². The number of hydrogen-bond acceptors (Lipinski definition) is 5. The number of fused-ring (bicyclic) bond motifs is 1. The lowest BCUT2D eigenvalue weighted by Gasteiger charge is -2.43. The zero-order chi connectivity index (χ0) is 21.6. The molecular weight excluding hydrogens is 396 g/mol. The van der Waals surface area contributed by atoms with Crippen molar-refractivity contribution in [3.8, 4) is 11.5 Å². The lowest BCUT2D eigenvalue weighted by atomic mass is 9.68. The molecule has 5 heteroatoms. The first-order valence-electron chi connectivity index (χ1n) is 10.8. The van der Waals surface area contributed by atoms with E-state index in [0.717, 1.165) is 44.3 Å². The molecule has 3 rings (SSSR count). The molecule has 0 saturated heterocycles. The second kappa shape index (κ2) is 10.3. The quantitative estimate of drug-likeness (QED) is 0.370. The summed E-state index contributed by atoms with van der Waals surface area (Å²) in [5.41, 5.74) is 2.52. The molecule has 162 valence electrons. The number of aromatic hydroxyl groups is 2. The van der Waals surface area contributed by atoms with Crippen LogP contribution in [-0.2, 0) is 14.9 Å². The topological polar surface area (TPSA) is 66.8 Å². The molecule has 0 bridgehead atoms. The molecule has 0 aromatic heterocycles. The highest BCUT2D eigenvalue weighted by atomic mass is 32.2. The Morgan fingerprint density at radius 2 is 1.70 bits per heavy atom. The summed E-state index contributed by atoms with van der Waals surface area (Å²) in [7, 11) is 1.44. The molecule has 1 unspecified atom stereocenters. The molecule has 0 saturated carbocycles. The highest BCUT2D eigenvalue weighted by Crippen LogP contribution is 2.52. The molecule has 0 aliphatic carbocycles. The number of hydrogen-bond donors (Lipinski definition) is 2. The lowest BCUT2D eigenvalue weighted by molar-refractivity contribution is -0.140. The molecule has 30 heavy (non-hydrogen) atoms. The molecule has 2 N–H and O–H groups in total. The van der Waals surface area contributed by atoms with Crippen molar-refractivity contribution in [2.24, 2.45) is 0 Å². The van der Waals surface area contributed by atoms with Crippen molar-refractivity contribution in [2.75, 3.05) is 12.9 Å². The van der Waals surface area contributed by atoms with Gasteiger partial charge in [-0.2, -0.15) is 0 Å². The number of esters is 1. The molecule has 1 heterocycles. The molecule has 1 aliphatic heterocycles. The van der Waals surface area contributed by atoms with Crippen LogP contribution in [0.25, 0.3) is 0 Å². The second-order valence-corrected chi connectivity index (χ2v) is 9.43. The van der Waals surface area contributed by atoms with Crippen LogP contribution in [0, 0.1) is 0 Å². The van der Waals surface area contributed by atoms with E-state index in [2.05, 4.69) is 13.0 Å². The van der Waals surface area contributed by atoms with Gasteiger partial charge >= 0.3 is 5.97 Å². The van der Waals surface area contributed by atoms with Crippen LogP contribution in [-0.4, -0.2) is 29.0 Å². The first kappa shape index (κ1) is 22.5. The van der Waals surface area contributed by atoms with Crippen molar-refractivity contribution in [3.63, 3.8) is 0 Å². The smallest absolute Gasteiger partial charge is 0.305 e. The molecule has 2 aromatic rings. The Bertz CT molecular complexity index is 849. The number of unbranched alkanes of at least 4 members (excludes halogenated alkanes) is 4. The number of benzene rings is 2. The average Bonchev–Trinajstić information content (AvgIpc) is 2.74. The van der Waals surface area contributed by atoms with Gasteiger partial charge in [-0.1, -0.05) is 50.8 Å². The molecule has 0 amide bonds. The average molecular weight is 429 g/mol. The zero-order valence-corrected chi connectivity index (χ0v) is 18.7. The lowest BCUT2D eigenvalue weighted by Crippen LogP contribution is -2.36. The van der Waals surface area contributed by atoms with Gasteiger partial charge in [0.05, 0.1) is 7.11 Å². The molecule has 0 radical (unpaired) electrons. The van der Waals surface area contributed by atoms with Gasteiger partial charge in [0.2, 0.25) is 0 Å². The number of carbonyl (C=O) groups excluding carboxylic acids is 1. The van der Waals surface area contributed by atoms with E-state index in [0.29, 0.717) is 23.8 Å². The predicted molar refractivity (Wildman–Crippen MR) is 121 cm³/mol. The fourth-order valence-corrected chi connectivity index (χ4v) is 5.86. The Kier molecular flexibility index (Phi) is 7.70. The second-order valence-electron chi connectivity index (χ2n) is 8.41. The normalized spacial score (nSPS) is 20.5. The van der Waals surface area contributed by atoms with Gasteiger partial charge in [0.15, 0.2) is 0 Å². The standard InChI is InChI=1S/C25H32O4S/c1-25(18-10-12-19(26)13-11-18)17-30-23-16-20(27)14-15-21(23)22(25)8-6-4-3-5-7-9-24(28)29-2/h10-16,22,26-27H,3-9,17H2,1-2H3/t22-,25?/m1/s1. The van der Waals surface area contributed by atoms with Crippen LogP contribution in [0.1, 0.15) is 68.9 Å². The SMILES string of the molecule is COC(=O)CCCCCCC[C@@H]1c2ccc(O)cc2SCC1(C)c1ccc(O)cc1. The van der Waals surface area contributed by atoms with Crippen molar-refractivity contribution in [1.29, 1.82) is 0 Å². The van der Waals surface area contributed by atoms with Gasteiger partial charge in [0.25, 0.3) is 0 Å². The summed E-state index contributed by atoms with van der Waals surface area (Å²) in [5.74, 6) is 1.78.